The molecule has 2 aromatic rings. The van der Waals surface area contributed by atoms with Crippen molar-refractivity contribution in [3.05, 3.63) is 48.7 Å². The van der Waals surface area contributed by atoms with Crippen LogP contribution >= 0.6 is 0 Å². The second kappa shape index (κ2) is 6.51. The van der Waals surface area contributed by atoms with E-state index < -0.39 is 6.61 Å². The summed E-state index contributed by atoms with van der Waals surface area (Å²) in [6.07, 6.45) is 1.65. The third kappa shape index (κ3) is 4.08. The van der Waals surface area contributed by atoms with Crippen LogP contribution < -0.4 is 9.47 Å². The Hall–Kier alpha value is -2.40. The Balaban J connectivity index is 1.93. The van der Waals surface area contributed by atoms with E-state index in [9.17, 15) is 4.79 Å². The number of benzene rings is 1. The van der Waals surface area contributed by atoms with Crippen LogP contribution in [0.15, 0.2) is 48.7 Å². The van der Waals surface area contributed by atoms with Crippen LogP contribution in [0, 0.1) is 0 Å². The topological polar surface area (TPSA) is 68.7 Å². The fraction of sp³-hybridized carbons (Fsp3) is 0.143. The Labute approximate surface area is 110 Å². The van der Waals surface area contributed by atoms with E-state index in [0.717, 1.165) is 0 Å². The fourth-order valence-electron chi connectivity index (χ4n) is 1.34. The van der Waals surface area contributed by atoms with Crippen molar-refractivity contribution in [3.8, 4) is 17.4 Å². The van der Waals surface area contributed by atoms with Gasteiger partial charge in [-0.25, -0.2) is 4.98 Å². The van der Waals surface area contributed by atoms with E-state index in [2.05, 4.69) is 4.98 Å². The number of hydrogen-bond donors (Lipinski definition) is 1. The van der Waals surface area contributed by atoms with Crippen LogP contribution in [0.3, 0.4) is 0 Å². The Morgan fingerprint density at radius 1 is 1.11 bits per heavy atom. The molecule has 0 saturated heterocycles. The van der Waals surface area contributed by atoms with Crippen LogP contribution in [0.5, 0.6) is 17.4 Å². The standard InChI is InChI=1S/C14H13NO4/c16-9-11(17)10-18-12-4-6-13(7-5-12)19-14-3-1-2-8-15-14/h1-8,16H,9-10H2. The third-order valence-electron chi connectivity index (χ3n) is 2.26. The molecule has 0 fully saturated rings. The highest BCUT2D eigenvalue weighted by Gasteiger charge is 2.02. The van der Waals surface area contributed by atoms with Crippen LogP contribution in [0.4, 0.5) is 0 Å². The molecule has 1 heterocycles. The zero-order valence-electron chi connectivity index (χ0n) is 10.2. The second-order valence-electron chi connectivity index (χ2n) is 3.73. The number of ether oxygens (including phenoxy) is 2. The van der Waals surface area contributed by atoms with Crippen LogP contribution in [0.2, 0.25) is 0 Å². The van der Waals surface area contributed by atoms with Crippen LogP contribution in [0.25, 0.3) is 0 Å². The summed E-state index contributed by atoms with van der Waals surface area (Å²) >= 11 is 0. The smallest absolute Gasteiger partial charge is 0.219 e. The number of hydrogen-bond acceptors (Lipinski definition) is 5. The lowest BCUT2D eigenvalue weighted by Gasteiger charge is -2.06. The summed E-state index contributed by atoms with van der Waals surface area (Å²) in [6, 6.07) is 12.2. The van der Waals surface area contributed by atoms with E-state index in [1.165, 1.54) is 0 Å². The average molecular weight is 259 g/mol. The number of pyridine rings is 1. The van der Waals surface area contributed by atoms with E-state index in [-0.39, 0.29) is 12.4 Å². The first-order chi connectivity index (χ1) is 9.28. The maximum absolute atomic E-state index is 10.9. The van der Waals surface area contributed by atoms with Gasteiger partial charge in [0.15, 0.2) is 5.78 Å². The van der Waals surface area contributed by atoms with Crippen molar-refractivity contribution >= 4 is 5.78 Å². The number of aromatic nitrogens is 1. The van der Waals surface area contributed by atoms with Gasteiger partial charge in [0.25, 0.3) is 0 Å². The van der Waals surface area contributed by atoms with Crippen molar-refractivity contribution in [1.82, 2.24) is 4.98 Å². The molecule has 0 aliphatic heterocycles. The highest BCUT2D eigenvalue weighted by atomic mass is 16.5. The van der Waals surface area contributed by atoms with E-state index in [1.54, 1.807) is 36.5 Å². The zero-order chi connectivity index (χ0) is 13.5. The molecule has 0 aliphatic rings. The van der Waals surface area contributed by atoms with Crippen molar-refractivity contribution in [2.24, 2.45) is 0 Å². The van der Waals surface area contributed by atoms with Crippen LogP contribution in [0.1, 0.15) is 0 Å². The molecule has 0 saturated carbocycles. The summed E-state index contributed by atoms with van der Waals surface area (Å²) in [5, 5.41) is 8.56. The lowest BCUT2D eigenvalue weighted by molar-refractivity contribution is -0.123. The molecule has 0 atom stereocenters. The Morgan fingerprint density at radius 3 is 2.47 bits per heavy atom. The zero-order valence-corrected chi connectivity index (χ0v) is 10.2. The summed E-state index contributed by atoms with van der Waals surface area (Å²) in [4.78, 5) is 14.9. The number of aliphatic hydroxyl groups is 1. The third-order valence-corrected chi connectivity index (χ3v) is 2.26. The van der Waals surface area contributed by atoms with Gasteiger partial charge in [0.2, 0.25) is 5.88 Å². The Morgan fingerprint density at radius 2 is 1.84 bits per heavy atom. The molecule has 0 bridgehead atoms. The number of carbonyl (C=O) groups excluding carboxylic acids is 1. The summed E-state index contributed by atoms with van der Waals surface area (Å²) in [5.41, 5.74) is 0. The van der Waals surface area contributed by atoms with Gasteiger partial charge >= 0.3 is 0 Å². The van der Waals surface area contributed by atoms with Crippen molar-refractivity contribution in [3.63, 3.8) is 0 Å². The van der Waals surface area contributed by atoms with Crippen molar-refractivity contribution in [2.75, 3.05) is 13.2 Å². The maximum atomic E-state index is 10.9. The molecule has 5 heteroatoms. The molecular weight excluding hydrogens is 246 g/mol. The molecule has 98 valence electrons. The molecule has 19 heavy (non-hydrogen) atoms. The van der Waals surface area contributed by atoms with Crippen molar-refractivity contribution < 1.29 is 19.4 Å². The SMILES string of the molecule is O=C(CO)COc1ccc(Oc2ccccn2)cc1. The first-order valence-corrected chi connectivity index (χ1v) is 5.72. The molecule has 0 radical (unpaired) electrons. The molecule has 5 nitrogen and oxygen atoms in total. The minimum absolute atomic E-state index is 0.142. The summed E-state index contributed by atoms with van der Waals surface area (Å²) in [7, 11) is 0. The predicted octanol–water partition coefficient (Wildman–Crippen LogP) is 1.81. The van der Waals surface area contributed by atoms with E-state index in [1.807, 2.05) is 12.1 Å². The van der Waals surface area contributed by atoms with Crippen LogP contribution in [-0.4, -0.2) is 29.1 Å². The van der Waals surface area contributed by atoms with Gasteiger partial charge in [0.1, 0.15) is 24.7 Å². The number of ketones is 1. The van der Waals surface area contributed by atoms with E-state index in [0.29, 0.717) is 17.4 Å². The summed E-state index contributed by atoms with van der Waals surface area (Å²) in [6.45, 7) is -0.655. The first kappa shape index (κ1) is 13.0. The normalized spacial score (nSPS) is 9.95. The minimum atomic E-state index is -0.513. The van der Waals surface area contributed by atoms with Crippen LogP contribution in [-0.2, 0) is 4.79 Å². The van der Waals surface area contributed by atoms with E-state index in [4.69, 9.17) is 14.6 Å². The predicted molar refractivity (Wildman–Crippen MR) is 68.3 cm³/mol. The van der Waals surface area contributed by atoms with Gasteiger partial charge in [-0.2, -0.15) is 0 Å². The van der Waals surface area contributed by atoms with E-state index >= 15 is 0 Å². The van der Waals surface area contributed by atoms with Crippen molar-refractivity contribution in [2.45, 2.75) is 0 Å². The maximum Gasteiger partial charge on any atom is 0.219 e. The van der Waals surface area contributed by atoms with Gasteiger partial charge < -0.3 is 14.6 Å². The molecule has 0 aliphatic carbocycles. The number of aliphatic hydroxyl groups excluding tert-OH is 1. The molecule has 1 aromatic carbocycles. The fourth-order valence-corrected chi connectivity index (χ4v) is 1.34. The highest BCUT2D eigenvalue weighted by molar-refractivity contribution is 5.80. The van der Waals surface area contributed by atoms with Gasteiger partial charge in [0.05, 0.1) is 0 Å². The second-order valence-corrected chi connectivity index (χ2v) is 3.73. The largest absolute Gasteiger partial charge is 0.486 e. The Kier molecular flexibility index (Phi) is 4.47. The molecule has 0 amide bonds. The Bertz CT molecular complexity index is 525. The summed E-state index contributed by atoms with van der Waals surface area (Å²) < 4.78 is 10.7. The number of rotatable bonds is 6. The van der Waals surface area contributed by atoms with Gasteiger partial charge in [-0.3, -0.25) is 4.79 Å². The number of nitrogens with zero attached hydrogens (tertiary/aromatic N) is 1. The molecular formula is C14H13NO4. The van der Waals surface area contributed by atoms with Crippen molar-refractivity contribution in [1.29, 1.82) is 0 Å². The lowest BCUT2D eigenvalue weighted by Crippen LogP contribution is -2.14. The molecule has 1 N–H and O–H groups in total. The number of carbonyl (C=O) groups is 1. The van der Waals surface area contributed by atoms with Gasteiger partial charge in [-0.1, -0.05) is 6.07 Å². The molecule has 2 rings (SSSR count). The molecule has 0 spiro atoms. The first-order valence-electron chi connectivity index (χ1n) is 5.72. The van der Waals surface area contributed by atoms with Gasteiger partial charge in [0, 0.05) is 12.3 Å². The summed E-state index contributed by atoms with van der Waals surface area (Å²) in [5.74, 6) is 1.30. The molecule has 0 unspecified atom stereocenters. The quantitative estimate of drug-likeness (QED) is 0.856. The average Bonchev–Trinajstić information content (AvgIpc) is 2.47. The van der Waals surface area contributed by atoms with Gasteiger partial charge in [-0.15, -0.1) is 0 Å². The monoisotopic (exact) mass is 259 g/mol. The van der Waals surface area contributed by atoms with Gasteiger partial charge in [-0.05, 0) is 30.3 Å². The number of Topliss-reactive ketones (excluding diaryl/α,β-unsaturated/α-hetero) is 1. The minimum Gasteiger partial charge on any atom is -0.486 e. The molecule has 1 aromatic heterocycles. The lowest BCUT2D eigenvalue weighted by atomic mass is 10.3. The highest BCUT2D eigenvalue weighted by Crippen LogP contribution is 2.22.